The van der Waals surface area contributed by atoms with Crippen LogP contribution in [-0.2, 0) is 13.1 Å². The number of aromatic amines is 2. The monoisotopic (exact) mass is 984 g/mol. The van der Waals surface area contributed by atoms with Crippen molar-refractivity contribution in [1.29, 1.82) is 0 Å². The summed E-state index contributed by atoms with van der Waals surface area (Å²) in [6.07, 6.45) is 0.677. The average Bonchev–Trinajstić information content (AvgIpc) is 4.13. The van der Waals surface area contributed by atoms with Gasteiger partial charge in [-0.05, 0) is 115 Å². The number of carbonyl (C=O) groups excluding carboxylic acids is 3. The molecule has 0 aliphatic rings. The summed E-state index contributed by atoms with van der Waals surface area (Å²) in [5.41, 5.74) is 5.75. The zero-order chi connectivity index (χ0) is 46.2. The summed E-state index contributed by atoms with van der Waals surface area (Å²) < 4.78 is 3.80. The van der Waals surface area contributed by atoms with Crippen molar-refractivity contribution in [2.24, 2.45) is 0 Å². The van der Waals surface area contributed by atoms with E-state index in [-0.39, 0.29) is 22.9 Å². The maximum atomic E-state index is 12.2. The third-order valence-corrected chi connectivity index (χ3v) is 12.7. The summed E-state index contributed by atoms with van der Waals surface area (Å²) in [6.45, 7) is 4.61. The highest BCUT2D eigenvalue weighted by Crippen LogP contribution is 2.30. The summed E-state index contributed by atoms with van der Waals surface area (Å²) in [4.78, 5) is 60.5. The Morgan fingerprint density at radius 2 is 1.19 bits per heavy atom. The standard InChI is InChI=1S/C18H16N4O2S.C12H8BrN3O2.C6H10BNO2S.C5H5BO3S/c1-10(23)15-7-17-20-21-18(24)22(17)16-6-11(3-4-14(15)16)12-5-13(8-19-2)25-9-12;1-6(17)9-5-11-14-15-12(18)16(11)10-4-7(13)2-3-8(9)10;1-8-3-6-2-5(4-11-6)7(9)10;7-2-5-1-4(3-10-5)6(8)9/h3-7,9,19H,8H2,1-2H3,(H,21,24);2-5H,1H3,(H,15,18);2,4,8-10H,3H2,1H3;1-3,8-9H. The van der Waals surface area contributed by atoms with E-state index in [9.17, 15) is 24.0 Å². The largest absolute Gasteiger partial charge is 0.489 e. The second-order valence-corrected chi connectivity index (χ2v) is 17.8. The lowest BCUT2D eigenvalue weighted by Gasteiger charge is -2.08. The SMILES string of the molecule is CC(=O)c1cc2n[nH]c(=O)n2c2cc(Br)ccc12.CNCc1cc(-c2ccc3c(C(C)=O)cc4n[nH]c(=O)n4c3c2)cs1.CNCc1cc(B(O)O)cs1.O=Cc1cc(B(O)O)cs1. The van der Waals surface area contributed by atoms with Crippen LogP contribution >= 0.6 is 49.9 Å². The molecule has 0 aliphatic carbocycles. The first-order valence-electron chi connectivity index (χ1n) is 19.1. The number of Topliss-reactive ketones (excluding diaryl/α,β-unsaturated/α-hetero) is 2. The Morgan fingerprint density at radius 3 is 1.67 bits per heavy atom. The Morgan fingerprint density at radius 1 is 0.688 bits per heavy atom. The zero-order valence-electron chi connectivity index (χ0n) is 34.5. The highest BCUT2D eigenvalue weighted by molar-refractivity contribution is 9.10. The Balaban J connectivity index is 0.000000152. The van der Waals surface area contributed by atoms with Gasteiger partial charge in [-0.3, -0.25) is 14.4 Å². The first-order chi connectivity index (χ1) is 30.6. The van der Waals surface area contributed by atoms with E-state index in [1.54, 1.807) is 41.0 Å². The van der Waals surface area contributed by atoms with Crippen molar-refractivity contribution in [2.45, 2.75) is 26.9 Å². The number of aldehydes is 1. The maximum Gasteiger partial charge on any atom is 0.489 e. The number of fused-ring (bicyclic) bond motifs is 6. The van der Waals surface area contributed by atoms with Gasteiger partial charge in [-0.25, -0.2) is 28.6 Å². The Hall–Kier alpha value is -5.72. The Kier molecular flexibility index (Phi) is 15.9. The molecular formula is C41H39B2BrN8O9S3. The van der Waals surface area contributed by atoms with Gasteiger partial charge in [0.15, 0.2) is 29.1 Å². The molecule has 23 heteroatoms. The van der Waals surface area contributed by atoms with Gasteiger partial charge in [0.2, 0.25) is 0 Å². The van der Waals surface area contributed by atoms with Crippen molar-refractivity contribution in [3.63, 3.8) is 0 Å². The van der Waals surface area contributed by atoms with Crippen molar-refractivity contribution in [3.8, 4) is 11.1 Å². The first kappa shape index (κ1) is 47.8. The van der Waals surface area contributed by atoms with Crippen LogP contribution in [0, 0.1) is 0 Å². The number of aromatic nitrogens is 6. The minimum Gasteiger partial charge on any atom is -0.423 e. The van der Waals surface area contributed by atoms with Crippen molar-refractivity contribution in [1.82, 2.24) is 39.8 Å². The van der Waals surface area contributed by atoms with Gasteiger partial charge >= 0.3 is 25.6 Å². The topological polar surface area (TPSA) is 257 Å². The van der Waals surface area contributed by atoms with Crippen LogP contribution < -0.4 is 32.9 Å². The number of halogens is 1. The lowest BCUT2D eigenvalue weighted by atomic mass is 9.83. The number of H-pyrrole nitrogens is 2. The maximum absolute atomic E-state index is 12.2. The van der Waals surface area contributed by atoms with Gasteiger partial charge in [-0.2, -0.15) is 10.2 Å². The summed E-state index contributed by atoms with van der Waals surface area (Å²) in [5.74, 6) is -0.109. The molecule has 9 rings (SSSR count). The fourth-order valence-electron chi connectivity index (χ4n) is 6.48. The molecule has 64 heavy (non-hydrogen) atoms. The third kappa shape index (κ3) is 11.0. The molecule has 0 saturated carbocycles. The summed E-state index contributed by atoms with van der Waals surface area (Å²) >= 11 is 7.76. The lowest BCUT2D eigenvalue weighted by Crippen LogP contribution is -2.28. The molecular weight excluding hydrogens is 946 g/mol. The highest BCUT2D eigenvalue weighted by Gasteiger charge is 2.16. The van der Waals surface area contributed by atoms with Crippen LogP contribution in [-0.4, -0.2) is 95.5 Å². The molecule has 7 aromatic heterocycles. The van der Waals surface area contributed by atoms with Crippen LogP contribution in [0.25, 0.3) is 44.2 Å². The molecule has 8 N–H and O–H groups in total. The van der Waals surface area contributed by atoms with Crippen LogP contribution in [0.2, 0.25) is 0 Å². The molecule has 328 valence electrons. The second kappa shape index (κ2) is 21.3. The van der Waals surface area contributed by atoms with Crippen molar-refractivity contribution in [3.05, 3.63) is 134 Å². The number of rotatable bonds is 10. The molecule has 0 unspecified atom stereocenters. The molecule has 0 fully saturated rings. The fourth-order valence-corrected chi connectivity index (χ4v) is 9.36. The van der Waals surface area contributed by atoms with E-state index >= 15 is 0 Å². The quantitative estimate of drug-likeness (QED) is 0.0557. The van der Waals surface area contributed by atoms with E-state index in [1.807, 2.05) is 44.4 Å². The summed E-state index contributed by atoms with van der Waals surface area (Å²) in [5, 5.41) is 60.4. The number of carbonyl (C=O) groups is 3. The fraction of sp³-hybridized carbons (Fsp3) is 0.146. The van der Waals surface area contributed by atoms with Gasteiger partial charge in [0, 0.05) is 49.2 Å². The third-order valence-electron chi connectivity index (χ3n) is 9.44. The molecule has 0 amide bonds. The summed E-state index contributed by atoms with van der Waals surface area (Å²) in [6, 6.07) is 19.9. The molecule has 7 heterocycles. The van der Waals surface area contributed by atoms with Crippen molar-refractivity contribution >= 4 is 126 Å². The van der Waals surface area contributed by atoms with E-state index in [2.05, 4.69) is 58.4 Å². The highest BCUT2D eigenvalue weighted by atomic mass is 79.9. The van der Waals surface area contributed by atoms with Crippen molar-refractivity contribution in [2.75, 3.05) is 14.1 Å². The predicted octanol–water partition coefficient (Wildman–Crippen LogP) is 3.35. The summed E-state index contributed by atoms with van der Waals surface area (Å²) in [7, 11) is 0.969. The van der Waals surface area contributed by atoms with E-state index in [1.165, 1.54) is 61.6 Å². The predicted molar refractivity (Wildman–Crippen MR) is 257 cm³/mol. The smallest absolute Gasteiger partial charge is 0.423 e. The number of hydrogen-bond acceptors (Lipinski definition) is 16. The van der Waals surface area contributed by atoms with E-state index < -0.39 is 14.2 Å². The number of thiophene rings is 3. The van der Waals surface area contributed by atoms with Gasteiger partial charge in [0.25, 0.3) is 0 Å². The van der Waals surface area contributed by atoms with E-state index in [0.29, 0.717) is 55.5 Å². The van der Waals surface area contributed by atoms with Gasteiger partial charge in [-0.15, -0.1) is 34.0 Å². The number of pyridine rings is 2. The van der Waals surface area contributed by atoms with Crippen LogP contribution in [0.1, 0.15) is 54.0 Å². The minimum absolute atomic E-state index is 0.0532. The number of benzene rings is 2. The van der Waals surface area contributed by atoms with Gasteiger partial charge in [0.1, 0.15) is 0 Å². The van der Waals surface area contributed by atoms with Crippen LogP contribution in [0.5, 0.6) is 0 Å². The molecule has 17 nitrogen and oxygen atoms in total. The molecule has 0 atom stereocenters. The van der Waals surface area contributed by atoms with E-state index in [4.69, 9.17) is 20.1 Å². The van der Waals surface area contributed by atoms with Gasteiger partial charge in [0.05, 0.1) is 15.9 Å². The lowest BCUT2D eigenvalue weighted by molar-refractivity contribution is 0.101. The second-order valence-electron chi connectivity index (χ2n) is 13.9. The zero-order valence-corrected chi connectivity index (χ0v) is 38.5. The Bertz CT molecular complexity index is 3240. The molecule has 0 bridgehead atoms. The number of nitrogens with zero attached hydrogens (tertiary/aromatic N) is 4. The molecule has 9 aromatic rings. The molecule has 2 aromatic carbocycles. The molecule has 0 aliphatic heterocycles. The van der Waals surface area contributed by atoms with Gasteiger partial charge in [-0.1, -0.05) is 34.1 Å². The average molecular weight is 986 g/mol. The van der Waals surface area contributed by atoms with Gasteiger partial charge < -0.3 is 30.7 Å². The van der Waals surface area contributed by atoms with E-state index in [0.717, 1.165) is 44.3 Å². The molecule has 0 saturated heterocycles. The Labute approximate surface area is 384 Å². The number of hydrogen-bond donors (Lipinski definition) is 8. The van der Waals surface area contributed by atoms with Crippen molar-refractivity contribution < 1.29 is 34.5 Å². The molecule has 0 spiro atoms. The normalized spacial score (nSPS) is 10.8. The van der Waals surface area contributed by atoms with Crippen LogP contribution in [0.4, 0.5) is 0 Å². The first-order valence-corrected chi connectivity index (χ1v) is 22.5. The number of nitrogens with one attached hydrogen (secondary N) is 4. The van der Waals surface area contributed by atoms with Crippen LogP contribution in [0.15, 0.2) is 96.9 Å². The minimum atomic E-state index is -1.47. The molecule has 0 radical (unpaired) electrons. The number of ketones is 2. The van der Waals surface area contributed by atoms with Crippen LogP contribution in [0.3, 0.4) is 0 Å².